The van der Waals surface area contributed by atoms with E-state index in [1.54, 1.807) is 0 Å². The summed E-state index contributed by atoms with van der Waals surface area (Å²) in [6.45, 7) is 4.12. The first-order valence-corrected chi connectivity index (χ1v) is 10.8. The SMILES string of the molecule is CC1=C(c2nc(-c3ccccc3)no2)C(c2ccc(C)cc2)NC(=S)N1c1ccccc1. The van der Waals surface area contributed by atoms with Crippen molar-refractivity contribution in [2.75, 3.05) is 4.90 Å². The molecule has 0 spiro atoms. The van der Waals surface area contributed by atoms with Gasteiger partial charge in [0, 0.05) is 16.9 Å². The quantitative estimate of drug-likeness (QED) is 0.400. The molecule has 1 N–H and O–H groups in total. The van der Waals surface area contributed by atoms with Crippen molar-refractivity contribution >= 4 is 28.6 Å². The Hall–Kier alpha value is -3.77. The third kappa shape index (κ3) is 3.69. The molecule has 1 atom stereocenters. The largest absolute Gasteiger partial charge is 0.351 e. The van der Waals surface area contributed by atoms with Crippen molar-refractivity contribution in [2.45, 2.75) is 19.9 Å². The first kappa shape index (κ1) is 20.2. The van der Waals surface area contributed by atoms with Gasteiger partial charge in [0.25, 0.3) is 5.89 Å². The van der Waals surface area contributed by atoms with Gasteiger partial charge in [0.15, 0.2) is 5.11 Å². The molecule has 5 rings (SSSR count). The van der Waals surface area contributed by atoms with Gasteiger partial charge in [0.1, 0.15) is 0 Å². The average molecular weight is 439 g/mol. The summed E-state index contributed by atoms with van der Waals surface area (Å²) in [5.74, 6) is 1.03. The van der Waals surface area contributed by atoms with Crippen molar-refractivity contribution in [1.82, 2.24) is 15.5 Å². The van der Waals surface area contributed by atoms with E-state index in [0.29, 0.717) is 16.8 Å². The van der Waals surface area contributed by atoms with E-state index in [4.69, 9.17) is 21.7 Å². The minimum absolute atomic E-state index is 0.202. The monoisotopic (exact) mass is 438 g/mol. The Labute approximate surface area is 192 Å². The molecule has 32 heavy (non-hydrogen) atoms. The van der Waals surface area contributed by atoms with Crippen molar-refractivity contribution in [1.29, 1.82) is 0 Å². The number of nitrogens with zero attached hydrogens (tertiary/aromatic N) is 3. The van der Waals surface area contributed by atoms with Crippen LogP contribution in [0.2, 0.25) is 0 Å². The predicted molar refractivity (Wildman–Crippen MR) is 131 cm³/mol. The molecule has 3 aromatic carbocycles. The van der Waals surface area contributed by atoms with Crippen molar-refractivity contribution < 1.29 is 4.52 Å². The summed E-state index contributed by atoms with van der Waals surface area (Å²) in [5.41, 5.74) is 6.02. The summed E-state index contributed by atoms with van der Waals surface area (Å²) < 4.78 is 5.79. The van der Waals surface area contributed by atoms with E-state index in [1.165, 1.54) is 5.56 Å². The Morgan fingerprint density at radius 1 is 0.875 bits per heavy atom. The van der Waals surface area contributed by atoms with Crippen LogP contribution in [0.15, 0.2) is 95.1 Å². The molecule has 1 unspecified atom stereocenters. The normalized spacial score (nSPS) is 16.2. The van der Waals surface area contributed by atoms with Crippen LogP contribution in [0.5, 0.6) is 0 Å². The van der Waals surface area contributed by atoms with Gasteiger partial charge in [-0.25, -0.2) is 0 Å². The van der Waals surface area contributed by atoms with E-state index in [-0.39, 0.29) is 6.04 Å². The summed E-state index contributed by atoms with van der Waals surface area (Å²) in [6.07, 6.45) is 0. The maximum absolute atomic E-state index is 5.79. The van der Waals surface area contributed by atoms with Crippen LogP contribution in [0.1, 0.15) is 30.0 Å². The van der Waals surface area contributed by atoms with Crippen LogP contribution >= 0.6 is 12.2 Å². The molecule has 6 heteroatoms. The smallest absolute Gasteiger partial charge is 0.258 e. The summed E-state index contributed by atoms with van der Waals surface area (Å²) in [4.78, 5) is 6.77. The van der Waals surface area contributed by atoms with Crippen molar-refractivity contribution in [2.24, 2.45) is 0 Å². The Morgan fingerprint density at radius 3 is 2.22 bits per heavy atom. The van der Waals surface area contributed by atoms with E-state index in [0.717, 1.165) is 28.1 Å². The van der Waals surface area contributed by atoms with Crippen molar-refractivity contribution in [3.63, 3.8) is 0 Å². The molecule has 1 aliphatic rings. The number of nitrogens with one attached hydrogen (secondary N) is 1. The number of anilines is 1. The molecule has 0 fully saturated rings. The van der Waals surface area contributed by atoms with Crippen LogP contribution in [0.25, 0.3) is 17.0 Å². The van der Waals surface area contributed by atoms with Gasteiger partial charge in [-0.3, -0.25) is 4.90 Å². The molecule has 0 bridgehead atoms. The Morgan fingerprint density at radius 2 is 1.53 bits per heavy atom. The van der Waals surface area contributed by atoms with Gasteiger partial charge in [0.05, 0.1) is 11.6 Å². The van der Waals surface area contributed by atoms with Gasteiger partial charge < -0.3 is 9.84 Å². The highest BCUT2D eigenvalue weighted by Crippen LogP contribution is 2.39. The maximum atomic E-state index is 5.79. The number of hydrogen-bond donors (Lipinski definition) is 1. The molecule has 0 radical (unpaired) electrons. The molecule has 1 aliphatic heterocycles. The van der Waals surface area contributed by atoms with E-state index in [2.05, 4.69) is 41.7 Å². The zero-order valence-corrected chi connectivity index (χ0v) is 18.6. The number of benzene rings is 3. The zero-order chi connectivity index (χ0) is 22.1. The number of aromatic nitrogens is 2. The second kappa shape index (κ2) is 8.40. The summed E-state index contributed by atoms with van der Waals surface area (Å²) >= 11 is 5.79. The van der Waals surface area contributed by atoms with Gasteiger partial charge in [0.2, 0.25) is 5.82 Å². The van der Waals surface area contributed by atoms with Crippen LogP contribution in [0.4, 0.5) is 5.69 Å². The minimum atomic E-state index is -0.202. The van der Waals surface area contributed by atoms with E-state index in [9.17, 15) is 0 Å². The molecular formula is C26H22N4OS. The topological polar surface area (TPSA) is 54.2 Å². The van der Waals surface area contributed by atoms with Crippen LogP contribution in [0.3, 0.4) is 0 Å². The van der Waals surface area contributed by atoms with Crippen molar-refractivity contribution in [3.8, 4) is 11.4 Å². The van der Waals surface area contributed by atoms with Crippen LogP contribution < -0.4 is 10.2 Å². The fourth-order valence-electron chi connectivity index (χ4n) is 3.95. The number of hydrogen-bond acceptors (Lipinski definition) is 4. The fourth-order valence-corrected chi connectivity index (χ4v) is 4.31. The van der Waals surface area contributed by atoms with Gasteiger partial charge in [-0.05, 0) is 43.8 Å². The number of allylic oxidation sites excluding steroid dienone is 1. The Balaban J connectivity index is 1.66. The van der Waals surface area contributed by atoms with E-state index < -0.39 is 0 Å². The first-order chi connectivity index (χ1) is 15.6. The van der Waals surface area contributed by atoms with Gasteiger partial charge >= 0.3 is 0 Å². The first-order valence-electron chi connectivity index (χ1n) is 10.4. The maximum Gasteiger partial charge on any atom is 0.258 e. The van der Waals surface area contributed by atoms with Crippen LogP contribution in [-0.4, -0.2) is 15.3 Å². The number of para-hydroxylation sites is 1. The van der Waals surface area contributed by atoms with Gasteiger partial charge in [-0.2, -0.15) is 4.98 Å². The second-order valence-corrected chi connectivity index (χ2v) is 8.14. The lowest BCUT2D eigenvalue weighted by atomic mass is 9.94. The van der Waals surface area contributed by atoms with Gasteiger partial charge in [-0.15, -0.1) is 0 Å². The van der Waals surface area contributed by atoms with Gasteiger partial charge in [-0.1, -0.05) is 83.5 Å². The molecule has 0 saturated carbocycles. The summed E-state index contributed by atoms with van der Waals surface area (Å²) in [5, 5.41) is 8.39. The predicted octanol–water partition coefficient (Wildman–Crippen LogP) is 5.91. The molecule has 0 saturated heterocycles. The van der Waals surface area contributed by atoms with Crippen LogP contribution in [0, 0.1) is 6.92 Å². The lowest BCUT2D eigenvalue weighted by Gasteiger charge is -2.37. The average Bonchev–Trinajstić information content (AvgIpc) is 3.30. The Bertz CT molecular complexity index is 1280. The Kier molecular flexibility index (Phi) is 5.29. The number of aryl methyl sites for hydroxylation is 1. The lowest BCUT2D eigenvalue weighted by Crippen LogP contribution is -2.46. The minimum Gasteiger partial charge on any atom is -0.351 e. The second-order valence-electron chi connectivity index (χ2n) is 7.75. The highest BCUT2D eigenvalue weighted by Gasteiger charge is 2.34. The molecule has 158 valence electrons. The van der Waals surface area contributed by atoms with E-state index >= 15 is 0 Å². The third-order valence-corrected chi connectivity index (χ3v) is 5.90. The lowest BCUT2D eigenvalue weighted by molar-refractivity contribution is 0.404. The summed E-state index contributed by atoms with van der Waals surface area (Å²) in [7, 11) is 0. The molecule has 0 aliphatic carbocycles. The van der Waals surface area contributed by atoms with Crippen molar-refractivity contribution in [3.05, 3.63) is 108 Å². The van der Waals surface area contributed by atoms with Crippen LogP contribution in [-0.2, 0) is 0 Å². The molecular weight excluding hydrogens is 416 g/mol. The molecule has 2 heterocycles. The standard InChI is InChI=1S/C26H22N4OS/c1-17-13-15-19(16-14-17)23-22(25-28-24(29-31-25)20-9-5-3-6-10-20)18(2)30(26(32)27-23)21-11-7-4-8-12-21/h3-16,23H,1-2H3,(H,27,32). The zero-order valence-electron chi connectivity index (χ0n) is 17.8. The molecule has 0 amide bonds. The third-order valence-electron chi connectivity index (χ3n) is 5.60. The number of thiocarbonyl (C=S) groups is 1. The molecule has 5 nitrogen and oxygen atoms in total. The van der Waals surface area contributed by atoms with E-state index in [1.807, 2.05) is 72.5 Å². The highest BCUT2D eigenvalue weighted by molar-refractivity contribution is 7.80. The molecule has 1 aromatic heterocycles. The summed E-state index contributed by atoms with van der Waals surface area (Å²) in [6, 6.07) is 28.1. The highest BCUT2D eigenvalue weighted by atomic mass is 32.1. The number of rotatable bonds is 4. The molecule has 4 aromatic rings. The fraction of sp³-hybridized carbons (Fsp3) is 0.115.